The molecule has 1 rings (SSSR count). The Labute approximate surface area is 75.0 Å². The highest BCUT2D eigenvalue weighted by Crippen LogP contribution is 1.96. The van der Waals surface area contributed by atoms with Crippen LogP contribution >= 0.6 is 0 Å². The lowest BCUT2D eigenvalue weighted by molar-refractivity contribution is -0.128. The fraction of sp³-hybridized carbons (Fsp3) is 0.571. The zero-order chi connectivity index (χ0) is 9.84. The van der Waals surface area contributed by atoms with Crippen LogP contribution in [0, 0.1) is 6.92 Å². The second-order valence-electron chi connectivity index (χ2n) is 2.61. The van der Waals surface area contributed by atoms with Crippen molar-refractivity contribution in [2.24, 2.45) is 0 Å². The van der Waals surface area contributed by atoms with Crippen molar-refractivity contribution in [1.82, 2.24) is 15.5 Å². The highest BCUT2D eigenvalue weighted by Gasteiger charge is 2.09. The fourth-order valence-electron chi connectivity index (χ4n) is 0.719. The summed E-state index contributed by atoms with van der Waals surface area (Å²) in [5.41, 5.74) is 0. The maximum atomic E-state index is 10.9. The molecule has 2 N–H and O–H groups in total. The van der Waals surface area contributed by atoms with E-state index in [2.05, 4.69) is 15.5 Å². The molecule has 0 spiro atoms. The lowest BCUT2D eigenvalue weighted by Crippen LogP contribution is -2.32. The number of hydrogen-bond acceptors (Lipinski definition) is 5. The SMILES string of the molecule is Cc1nnc(CNC(=O)[C@@H](C)O)o1. The first-order valence-corrected chi connectivity index (χ1v) is 3.84. The highest BCUT2D eigenvalue weighted by molar-refractivity contribution is 5.79. The van der Waals surface area contributed by atoms with E-state index < -0.39 is 12.0 Å². The predicted octanol–water partition coefficient (Wildman–Crippen LogP) is -0.625. The summed E-state index contributed by atoms with van der Waals surface area (Å²) in [6, 6.07) is 0. The van der Waals surface area contributed by atoms with E-state index in [1.54, 1.807) is 6.92 Å². The van der Waals surface area contributed by atoms with Gasteiger partial charge in [0.05, 0.1) is 6.54 Å². The third kappa shape index (κ3) is 2.83. The molecule has 1 heterocycles. The van der Waals surface area contributed by atoms with E-state index in [4.69, 9.17) is 9.52 Å². The number of aromatic nitrogens is 2. The summed E-state index contributed by atoms with van der Waals surface area (Å²) in [4.78, 5) is 10.9. The van der Waals surface area contributed by atoms with Crippen molar-refractivity contribution < 1.29 is 14.3 Å². The quantitative estimate of drug-likeness (QED) is 0.654. The molecule has 0 saturated carbocycles. The molecule has 1 atom stereocenters. The van der Waals surface area contributed by atoms with Gasteiger partial charge in [0.25, 0.3) is 0 Å². The van der Waals surface area contributed by atoms with Crippen molar-refractivity contribution in [3.05, 3.63) is 11.8 Å². The molecule has 1 aromatic rings. The van der Waals surface area contributed by atoms with Crippen LogP contribution in [0.4, 0.5) is 0 Å². The van der Waals surface area contributed by atoms with Gasteiger partial charge in [0.2, 0.25) is 17.7 Å². The Morgan fingerprint density at radius 3 is 2.85 bits per heavy atom. The van der Waals surface area contributed by atoms with Gasteiger partial charge in [-0.25, -0.2) is 0 Å². The van der Waals surface area contributed by atoms with Gasteiger partial charge in [0.1, 0.15) is 6.10 Å². The van der Waals surface area contributed by atoms with Gasteiger partial charge in [0, 0.05) is 6.92 Å². The molecule has 1 amide bonds. The zero-order valence-electron chi connectivity index (χ0n) is 7.44. The number of hydrogen-bond donors (Lipinski definition) is 2. The number of nitrogens with one attached hydrogen (secondary N) is 1. The number of carbonyl (C=O) groups excluding carboxylic acids is 1. The first-order valence-electron chi connectivity index (χ1n) is 3.84. The van der Waals surface area contributed by atoms with Gasteiger partial charge >= 0.3 is 0 Å². The first-order chi connectivity index (χ1) is 6.09. The average molecular weight is 185 g/mol. The van der Waals surface area contributed by atoms with E-state index >= 15 is 0 Å². The minimum absolute atomic E-state index is 0.143. The van der Waals surface area contributed by atoms with Gasteiger partial charge in [-0.15, -0.1) is 10.2 Å². The summed E-state index contributed by atoms with van der Waals surface area (Å²) in [5, 5.41) is 18.5. The first kappa shape index (κ1) is 9.66. The molecule has 0 aliphatic heterocycles. The Hall–Kier alpha value is -1.43. The van der Waals surface area contributed by atoms with Crippen LogP contribution in [0.1, 0.15) is 18.7 Å². The highest BCUT2D eigenvalue weighted by atomic mass is 16.4. The summed E-state index contributed by atoms with van der Waals surface area (Å²) >= 11 is 0. The minimum atomic E-state index is -1.02. The minimum Gasteiger partial charge on any atom is -0.424 e. The molecule has 0 unspecified atom stereocenters. The van der Waals surface area contributed by atoms with Crippen molar-refractivity contribution in [2.45, 2.75) is 26.5 Å². The lowest BCUT2D eigenvalue weighted by Gasteiger charge is -2.03. The molecule has 0 aromatic carbocycles. The molecule has 13 heavy (non-hydrogen) atoms. The van der Waals surface area contributed by atoms with Crippen LogP contribution in [-0.4, -0.2) is 27.3 Å². The van der Waals surface area contributed by atoms with Crippen LogP contribution in [-0.2, 0) is 11.3 Å². The fourth-order valence-corrected chi connectivity index (χ4v) is 0.719. The number of carbonyl (C=O) groups is 1. The normalized spacial score (nSPS) is 12.5. The summed E-state index contributed by atoms with van der Waals surface area (Å²) in [5.74, 6) is 0.309. The number of rotatable bonds is 3. The Balaban J connectivity index is 2.39. The van der Waals surface area contributed by atoms with Crippen LogP contribution < -0.4 is 5.32 Å². The zero-order valence-corrected chi connectivity index (χ0v) is 7.44. The van der Waals surface area contributed by atoms with Gasteiger partial charge in [0.15, 0.2) is 0 Å². The second-order valence-corrected chi connectivity index (χ2v) is 2.61. The Morgan fingerprint density at radius 1 is 1.69 bits per heavy atom. The molecule has 0 fully saturated rings. The van der Waals surface area contributed by atoms with Crippen molar-refractivity contribution >= 4 is 5.91 Å². The average Bonchev–Trinajstić information content (AvgIpc) is 2.47. The topological polar surface area (TPSA) is 88.2 Å². The molecule has 6 nitrogen and oxygen atoms in total. The number of amides is 1. The maximum Gasteiger partial charge on any atom is 0.248 e. The van der Waals surface area contributed by atoms with Crippen LogP contribution in [0.2, 0.25) is 0 Å². The molecule has 0 aliphatic carbocycles. The van der Waals surface area contributed by atoms with E-state index in [1.807, 2.05) is 0 Å². The summed E-state index contributed by atoms with van der Waals surface area (Å²) in [6.45, 7) is 3.19. The van der Waals surface area contributed by atoms with Crippen molar-refractivity contribution in [3.8, 4) is 0 Å². The number of aliphatic hydroxyl groups excluding tert-OH is 1. The number of aryl methyl sites for hydroxylation is 1. The molecule has 0 aliphatic rings. The predicted molar refractivity (Wildman–Crippen MR) is 42.6 cm³/mol. The Morgan fingerprint density at radius 2 is 2.38 bits per heavy atom. The van der Waals surface area contributed by atoms with E-state index in [-0.39, 0.29) is 6.54 Å². The van der Waals surface area contributed by atoms with Crippen LogP contribution in [0.3, 0.4) is 0 Å². The largest absolute Gasteiger partial charge is 0.424 e. The van der Waals surface area contributed by atoms with E-state index in [9.17, 15) is 4.79 Å². The van der Waals surface area contributed by atoms with E-state index in [0.29, 0.717) is 11.8 Å². The maximum absolute atomic E-state index is 10.9. The molecule has 72 valence electrons. The smallest absolute Gasteiger partial charge is 0.248 e. The molecule has 1 aromatic heterocycles. The van der Waals surface area contributed by atoms with Crippen LogP contribution in [0.5, 0.6) is 0 Å². The monoisotopic (exact) mass is 185 g/mol. The van der Waals surface area contributed by atoms with Gasteiger partial charge in [-0.1, -0.05) is 0 Å². The van der Waals surface area contributed by atoms with E-state index in [1.165, 1.54) is 6.92 Å². The second kappa shape index (κ2) is 3.99. The van der Waals surface area contributed by atoms with Gasteiger partial charge in [-0.3, -0.25) is 4.79 Å². The van der Waals surface area contributed by atoms with Gasteiger partial charge in [-0.2, -0.15) is 0 Å². The Bertz CT molecular complexity index is 295. The van der Waals surface area contributed by atoms with Crippen molar-refractivity contribution in [1.29, 1.82) is 0 Å². The molecule has 6 heteroatoms. The number of aliphatic hydroxyl groups is 1. The van der Waals surface area contributed by atoms with Crippen LogP contribution in [0.15, 0.2) is 4.42 Å². The lowest BCUT2D eigenvalue weighted by atomic mass is 10.4. The summed E-state index contributed by atoms with van der Waals surface area (Å²) < 4.78 is 5.00. The number of nitrogens with zero attached hydrogens (tertiary/aromatic N) is 2. The molecule has 0 radical (unpaired) electrons. The summed E-state index contributed by atoms with van der Waals surface area (Å²) in [7, 11) is 0. The molecular formula is C7H11N3O3. The van der Waals surface area contributed by atoms with Crippen molar-refractivity contribution in [3.63, 3.8) is 0 Å². The van der Waals surface area contributed by atoms with Crippen LogP contribution in [0.25, 0.3) is 0 Å². The third-order valence-corrected chi connectivity index (χ3v) is 1.36. The van der Waals surface area contributed by atoms with Crippen molar-refractivity contribution in [2.75, 3.05) is 0 Å². The van der Waals surface area contributed by atoms with Gasteiger partial charge in [-0.05, 0) is 6.92 Å². The van der Waals surface area contributed by atoms with E-state index in [0.717, 1.165) is 0 Å². The molecule has 0 bridgehead atoms. The molecular weight excluding hydrogens is 174 g/mol. The third-order valence-electron chi connectivity index (χ3n) is 1.36. The molecule has 0 saturated heterocycles. The van der Waals surface area contributed by atoms with Gasteiger partial charge < -0.3 is 14.8 Å². The standard InChI is InChI=1S/C7H11N3O3/c1-4(11)7(12)8-3-6-10-9-5(2)13-6/h4,11H,3H2,1-2H3,(H,8,12)/t4-/m1/s1. The summed E-state index contributed by atoms with van der Waals surface area (Å²) in [6.07, 6.45) is -1.02. The Kier molecular flexibility index (Phi) is 2.97.